The fraction of sp³-hybridized carbons (Fsp3) is 0.600. The van der Waals surface area contributed by atoms with Gasteiger partial charge in [0.05, 0.1) is 13.7 Å². The standard InChI is InChI=1S/C10H17N5O4/c1-5-18-7(16)6-19-10-12-8(14-17-4)11-9(13-10)15(2)3/h5-6H2,1-4H3,(H,11,12,13,14). The fourth-order valence-corrected chi connectivity index (χ4v) is 1.07. The molecule has 19 heavy (non-hydrogen) atoms. The number of anilines is 2. The number of nitrogens with zero attached hydrogens (tertiary/aromatic N) is 4. The number of hydrogen-bond donors (Lipinski definition) is 1. The summed E-state index contributed by atoms with van der Waals surface area (Å²) in [5.74, 6) is 0.0593. The first-order valence-corrected chi connectivity index (χ1v) is 5.57. The van der Waals surface area contributed by atoms with Crippen LogP contribution in [0.25, 0.3) is 0 Å². The highest BCUT2D eigenvalue weighted by atomic mass is 16.6. The van der Waals surface area contributed by atoms with Crippen molar-refractivity contribution in [2.45, 2.75) is 6.92 Å². The van der Waals surface area contributed by atoms with E-state index in [1.54, 1.807) is 25.9 Å². The maximum absolute atomic E-state index is 11.2. The highest BCUT2D eigenvalue weighted by molar-refractivity contribution is 5.70. The van der Waals surface area contributed by atoms with Gasteiger partial charge in [0, 0.05) is 14.1 Å². The van der Waals surface area contributed by atoms with Crippen LogP contribution in [-0.2, 0) is 14.4 Å². The Morgan fingerprint density at radius 3 is 2.63 bits per heavy atom. The van der Waals surface area contributed by atoms with Crippen LogP contribution >= 0.6 is 0 Å². The zero-order valence-corrected chi connectivity index (χ0v) is 11.3. The molecule has 0 aliphatic carbocycles. The molecule has 0 bridgehead atoms. The number of carbonyl (C=O) groups is 1. The molecule has 1 rings (SSSR count). The van der Waals surface area contributed by atoms with Crippen molar-refractivity contribution in [1.82, 2.24) is 15.0 Å². The first-order chi connectivity index (χ1) is 9.06. The number of carbonyl (C=O) groups excluding carboxylic acids is 1. The van der Waals surface area contributed by atoms with Gasteiger partial charge in [0.15, 0.2) is 6.61 Å². The van der Waals surface area contributed by atoms with Gasteiger partial charge in [0.25, 0.3) is 5.95 Å². The Morgan fingerprint density at radius 1 is 1.32 bits per heavy atom. The van der Waals surface area contributed by atoms with Crippen molar-refractivity contribution < 1.29 is 19.1 Å². The molecule has 0 radical (unpaired) electrons. The summed E-state index contributed by atoms with van der Waals surface area (Å²) in [6.07, 6.45) is 0. The summed E-state index contributed by atoms with van der Waals surface area (Å²) in [6, 6.07) is 0.00584. The number of esters is 1. The molecular weight excluding hydrogens is 254 g/mol. The van der Waals surface area contributed by atoms with E-state index in [0.29, 0.717) is 12.6 Å². The predicted octanol–water partition coefficient (Wildman–Crippen LogP) is -0.147. The molecule has 0 spiro atoms. The topological polar surface area (TPSA) is 98.7 Å². The number of hydrogen-bond acceptors (Lipinski definition) is 9. The van der Waals surface area contributed by atoms with E-state index in [1.807, 2.05) is 0 Å². The van der Waals surface area contributed by atoms with Crippen molar-refractivity contribution in [2.24, 2.45) is 0 Å². The van der Waals surface area contributed by atoms with Gasteiger partial charge >= 0.3 is 12.0 Å². The fourth-order valence-electron chi connectivity index (χ4n) is 1.07. The Morgan fingerprint density at radius 2 is 2.05 bits per heavy atom. The van der Waals surface area contributed by atoms with E-state index in [-0.39, 0.29) is 18.6 Å². The van der Waals surface area contributed by atoms with Crippen LogP contribution in [0, 0.1) is 0 Å². The van der Waals surface area contributed by atoms with Crippen molar-refractivity contribution in [3.05, 3.63) is 0 Å². The van der Waals surface area contributed by atoms with Gasteiger partial charge in [-0.2, -0.15) is 15.0 Å². The van der Waals surface area contributed by atoms with E-state index in [9.17, 15) is 4.79 Å². The van der Waals surface area contributed by atoms with E-state index < -0.39 is 5.97 Å². The highest BCUT2D eigenvalue weighted by Gasteiger charge is 2.11. The molecule has 9 heteroatoms. The van der Waals surface area contributed by atoms with Crippen molar-refractivity contribution in [1.29, 1.82) is 0 Å². The molecule has 0 unspecified atom stereocenters. The summed E-state index contributed by atoms with van der Waals surface area (Å²) in [5.41, 5.74) is 2.47. The third-order valence-electron chi connectivity index (χ3n) is 1.82. The molecule has 1 aromatic heterocycles. The summed E-state index contributed by atoms with van der Waals surface area (Å²) < 4.78 is 9.87. The molecule has 9 nitrogen and oxygen atoms in total. The number of rotatable bonds is 7. The third kappa shape index (κ3) is 4.92. The first-order valence-electron chi connectivity index (χ1n) is 5.57. The summed E-state index contributed by atoms with van der Waals surface area (Å²) in [4.78, 5) is 29.6. The molecule has 0 saturated heterocycles. The van der Waals surface area contributed by atoms with Gasteiger partial charge in [-0.05, 0) is 6.92 Å². The largest absolute Gasteiger partial charge is 0.463 e. The molecule has 0 amide bonds. The Labute approximate surface area is 110 Å². The summed E-state index contributed by atoms with van der Waals surface area (Å²) in [6.45, 7) is 1.74. The molecular formula is C10H17N5O4. The zero-order chi connectivity index (χ0) is 14.3. The second kappa shape index (κ2) is 7.31. The van der Waals surface area contributed by atoms with E-state index in [0.717, 1.165) is 0 Å². The molecule has 1 N–H and O–H groups in total. The number of nitrogens with one attached hydrogen (secondary N) is 1. The van der Waals surface area contributed by atoms with Crippen LogP contribution < -0.4 is 15.1 Å². The van der Waals surface area contributed by atoms with Gasteiger partial charge in [0.1, 0.15) is 0 Å². The van der Waals surface area contributed by atoms with Crippen LogP contribution in [0.4, 0.5) is 11.9 Å². The molecule has 0 fully saturated rings. The van der Waals surface area contributed by atoms with E-state index in [4.69, 9.17) is 14.3 Å². The zero-order valence-electron chi connectivity index (χ0n) is 11.3. The maximum Gasteiger partial charge on any atom is 0.344 e. The molecule has 0 aliphatic rings. The lowest BCUT2D eigenvalue weighted by Crippen LogP contribution is -2.19. The van der Waals surface area contributed by atoms with Crippen LogP contribution in [0.2, 0.25) is 0 Å². The van der Waals surface area contributed by atoms with Gasteiger partial charge < -0.3 is 14.4 Å². The van der Waals surface area contributed by atoms with Gasteiger partial charge in [0.2, 0.25) is 5.95 Å². The molecule has 106 valence electrons. The Balaban J connectivity index is 2.78. The van der Waals surface area contributed by atoms with Crippen LogP contribution in [0.5, 0.6) is 6.01 Å². The Hall–Kier alpha value is -2.16. The van der Waals surface area contributed by atoms with Crippen LogP contribution in [0.1, 0.15) is 6.92 Å². The molecule has 0 aliphatic heterocycles. The monoisotopic (exact) mass is 271 g/mol. The molecule has 0 saturated carbocycles. The number of ether oxygens (including phenoxy) is 2. The van der Waals surface area contributed by atoms with Gasteiger partial charge in [-0.3, -0.25) is 4.84 Å². The van der Waals surface area contributed by atoms with Crippen LogP contribution in [0.3, 0.4) is 0 Å². The smallest absolute Gasteiger partial charge is 0.344 e. The average Bonchev–Trinajstić information content (AvgIpc) is 2.37. The summed E-state index contributed by atoms with van der Waals surface area (Å²) >= 11 is 0. The first kappa shape index (κ1) is 14.9. The second-order valence-electron chi connectivity index (χ2n) is 3.54. The molecule has 0 aromatic carbocycles. The highest BCUT2D eigenvalue weighted by Crippen LogP contribution is 2.12. The molecule has 1 heterocycles. The van der Waals surface area contributed by atoms with E-state index in [2.05, 4.69) is 20.4 Å². The van der Waals surface area contributed by atoms with Gasteiger partial charge in [-0.15, -0.1) is 0 Å². The lowest BCUT2D eigenvalue weighted by molar-refractivity contribution is -0.145. The number of aromatic nitrogens is 3. The quantitative estimate of drug-likeness (QED) is 0.536. The Kier molecular flexibility index (Phi) is 5.73. The van der Waals surface area contributed by atoms with Crippen molar-refractivity contribution >= 4 is 17.9 Å². The summed E-state index contributed by atoms with van der Waals surface area (Å²) in [7, 11) is 4.96. The molecule has 1 aromatic rings. The SMILES string of the molecule is CCOC(=O)COc1nc(NOC)nc(N(C)C)n1. The van der Waals surface area contributed by atoms with Crippen molar-refractivity contribution in [2.75, 3.05) is 44.8 Å². The molecule has 0 atom stereocenters. The minimum atomic E-state index is -0.490. The normalized spacial score (nSPS) is 9.89. The van der Waals surface area contributed by atoms with Crippen LogP contribution in [0.15, 0.2) is 0 Å². The minimum absolute atomic E-state index is 0.00584. The lowest BCUT2D eigenvalue weighted by Gasteiger charge is -2.12. The van der Waals surface area contributed by atoms with Crippen molar-refractivity contribution in [3.8, 4) is 6.01 Å². The predicted molar refractivity (Wildman–Crippen MR) is 66.9 cm³/mol. The Bertz CT molecular complexity index is 426. The average molecular weight is 271 g/mol. The second-order valence-corrected chi connectivity index (χ2v) is 3.54. The maximum atomic E-state index is 11.2. The summed E-state index contributed by atoms with van der Waals surface area (Å²) in [5, 5.41) is 0. The van der Waals surface area contributed by atoms with Gasteiger partial charge in [-0.25, -0.2) is 10.3 Å². The van der Waals surface area contributed by atoms with Crippen molar-refractivity contribution in [3.63, 3.8) is 0 Å². The third-order valence-corrected chi connectivity index (χ3v) is 1.82. The minimum Gasteiger partial charge on any atom is -0.463 e. The van der Waals surface area contributed by atoms with E-state index >= 15 is 0 Å². The van der Waals surface area contributed by atoms with Crippen LogP contribution in [-0.4, -0.2) is 55.3 Å². The van der Waals surface area contributed by atoms with E-state index in [1.165, 1.54) is 7.11 Å². The lowest BCUT2D eigenvalue weighted by atomic mass is 10.7. The van der Waals surface area contributed by atoms with Gasteiger partial charge in [-0.1, -0.05) is 0 Å².